The molecule has 1 aromatic heterocycles. The summed E-state index contributed by atoms with van der Waals surface area (Å²) in [6, 6.07) is 21.3. The number of aromatic nitrogens is 2. The van der Waals surface area contributed by atoms with Crippen molar-refractivity contribution in [3.8, 4) is 22.6 Å². The zero-order chi connectivity index (χ0) is 31.3. The van der Waals surface area contributed by atoms with Crippen molar-refractivity contribution >= 4 is 44.1 Å². The van der Waals surface area contributed by atoms with Crippen molar-refractivity contribution in [2.75, 3.05) is 19.4 Å². The molecule has 1 heterocycles. The third kappa shape index (κ3) is 7.49. The van der Waals surface area contributed by atoms with Crippen molar-refractivity contribution in [2.45, 2.75) is 30.8 Å². The van der Waals surface area contributed by atoms with Crippen molar-refractivity contribution in [1.29, 1.82) is 0 Å². The highest BCUT2D eigenvalue weighted by Gasteiger charge is 2.21. The SMILES string of the molecule is CS(=O)(=O)c1ccc(-c2ccccc2)c(Cl)c1COc1cc(OCc2ccc3nonc3c2)c(CNC[C@H](O)CO)cc1Cl. The van der Waals surface area contributed by atoms with Gasteiger partial charge in [-0.3, -0.25) is 0 Å². The number of nitrogens with zero attached hydrogens (tertiary/aromatic N) is 2. The molecule has 0 aliphatic rings. The number of nitrogens with one attached hydrogen (secondary N) is 1. The van der Waals surface area contributed by atoms with E-state index in [2.05, 4.69) is 15.6 Å². The lowest BCUT2D eigenvalue weighted by molar-refractivity contribution is 0.0941. The number of halogens is 2. The maximum atomic E-state index is 12.7. The first-order valence-corrected chi connectivity index (χ1v) is 16.1. The lowest BCUT2D eigenvalue weighted by Crippen LogP contribution is -2.29. The minimum absolute atomic E-state index is 0.0516. The molecule has 0 fully saturated rings. The summed E-state index contributed by atoms with van der Waals surface area (Å²) in [4.78, 5) is 0.0516. The zero-order valence-corrected chi connectivity index (χ0v) is 25.9. The molecule has 5 rings (SSSR count). The lowest BCUT2D eigenvalue weighted by atomic mass is 10.0. The number of aliphatic hydroxyl groups excluding tert-OH is 2. The molecule has 4 aromatic carbocycles. The molecule has 44 heavy (non-hydrogen) atoms. The van der Waals surface area contributed by atoms with Crippen LogP contribution in [0.25, 0.3) is 22.2 Å². The van der Waals surface area contributed by atoms with Gasteiger partial charge in [0.05, 0.1) is 27.7 Å². The minimum atomic E-state index is -3.64. The quantitative estimate of drug-likeness (QED) is 0.154. The van der Waals surface area contributed by atoms with Crippen LogP contribution in [0.1, 0.15) is 16.7 Å². The van der Waals surface area contributed by atoms with Gasteiger partial charge in [-0.1, -0.05) is 65.7 Å². The van der Waals surface area contributed by atoms with E-state index in [0.717, 1.165) is 17.4 Å². The summed E-state index contributed by atoms with van der Waals surface area (Å²) in [5.41, 5.74) is 4.47. The Kier molecular flexibility index (Phi) is 10.0. The molecule has 1 atom stereocenters. The Balaban J connectivity index is 1.44. The number of benzene rings is 4. The number of hydrogen-bond donors (Lipinski definition) is 3. The van der Waals surface area contributed by atoms with E-state index >= 15 is 0 Å². The molecule has 10 nitrogen and oxygen atoms in total. The van der Waals surface area contributed by atoms with Gasteiger partial charge in [-0.2, -0.15) is 0 Å². The van der Waals surface area contributed by atoms with Gasteiger partial charge in [-0.05, 0) is 45.7 Å². The molecule has 0 saturated carbocycles. The van der Waals surface area contributed by atoms with Crippen molar-refractivity contribution < 1.29 is 32.7 Å². The average Bonchev–Trinajstić information content (AvgIpc) is 3.48. The second-order valence-corrected chi connectivity index (χ2v) is 12.8. The smallest absolute Gasteiger partial charge is 0.175 e. The molecule has 0 amide bonds. The topological polar surface area (TPSA) is 144 Å². The molecule has 0 spiro atoms. The van der Waals surface area contributed by atoms with Crippen molar-refractivity contribution in [3.05, 3.63) is 99.5 Å². The summed E-state index contributed by atoms with van der Waals surface area (Å²) >= 11 is 13.4. The molecule has 0 unspecified atom stereocenters. The fourth-order valence-electron chi connectivity index (χ4n) is 4.55. The second-order valence-electron chi connectivity index (χ2n) is 10.1. The Labute approximate surface area is 264 Å². The van der Waals surface area contributed by atoms with Gasteiger partial charge >= 0.3 is 0 Å². The van der Waals surface area contributed by atoms with Gasteiger partial charge in [0, 0.05) is 42.1 Å². The number of hydrogen-bond acceptors (Lipinski definition) is 10. The number of aliphatic hydroxyl groups is 2. The van der Waals surface area contributed by atoms with Crippen LogP contribution in [-0.4, -0.2) is 54.5 Å². The number of fused-ring (bicyclic) bond motifs is 1. The summed E-state index contributed by atoms with van der Waals surface area (Å²) in [6.07, 6.45) is 0.186. The fraction of sp³-hybridized carbons (Fsp3) is 0.226. The van der Waals surface area contributed by atoms with E-state index in [-0.39, 0.29) is 53.6 Å². The van der Waals surface area contributed by atoms with Crippen molar-refractivity contribution in [3.63, 3.8) is 0 Å². The van der Waals surface area contributed by atoms with Crippen molar-refractivity contribution in [1.82, 2.24) is 15.6 Å². The summed E-state index contributed by atoms with van der Waals surface area (Å²) < 4.78 is 42.4. The van der Waals surface area contributed by atoms with Crippen LogP contribution in [0.3, 0.4) is 0 Å². The van der Waals surface area contributed by atoms with E-state index in [0.29, 0.717) is 33.5 Å². The van der Waals surface area contributed by atoms with Gasteiger partial charge < -0.3 is 25.0 Å². The van der Waals surface area contributed by atoms with Gasteiger partial charge in [-0.25, -0.2) is 13.0 Å². The van der Waals surface area contributed by atoms with Gasteiger partial charge in [0.1, 0.15) is 35.7 Å². The van der Waals surface area contributed by atoms with Crippen LogP contribution in [0.2, 0.25) is 10.0 Å². The Hall–Kier alpha value is -3.71. The third-order valence-electron chi connectivity index (χ3n) is 6.79. The summed E-state index contributed by atoms with van der Waals surface area (Å²) in [5, 5.41) is 30.1. The second kappa shape index (κ2) is 13.9. The van der Waals surface area contributed by atoms with Crippen LogP contribution < -0.4 is 14.8 Å². The van der Waals surface area contributed by atoms with E-state index < -0.39 is 15.9 Å². The fourth-order valence-corrected chi connectivity index (χ4v) is 6.10. The Morgan fingerprint density at radius 3 is 2.43 bits per heavy atom. The van der Waals surface area contributed by atoms with Gasteiger partial charge in [0.15, 0.2) is 9.84 Å². The average molecular weight is 659 g/mol. The van der Waals surface area contributed by atoms with Crippen LogP contribution in [0.15, 0.2) is 82.3 Å². The predicted molar refractivity (Wildman–Crippen MR) is 167 cm³/mol. The highest BCUT2D eigenvalue weighted by atomic mass is 35.5. The minimum Gasteiger partial charge on any atom is -0.488 e. The predicted octanol–water partition coefficient (Wildman–Crippen LogP) is 5.20. The molecule has 0 bridgehead atoms. The van der Waals surface area contributed by atoms with Crippen LogP contribution in [0.5, 0.6) is 11.5 Å². The van der Waals surface area contributed by atoms with E-state index in [1.54, 1.807) is 30.3 Å². The van der Waals surface area contributed by atoms with Gasteiger partial charge in [0.2, 0.25) is 0 Å². The Morgan fingerprint density at radius 2 is 1.68 bits per heavy atom. The summed E-state index contributed by atoms with van der Waals surface area (Å²) in [5.74, 6) is 0.679. The summed E-state index contributed by atoms with van der Waals surface area (Å²) in [6.45, 7) is 0.0112. The molecule has 0 aliphatic carbocycles. The molecule has 13 heteroatoms. The molecule has 5 aromatic rings. The summed E-state index contributed by atoms with van der Waals surface area (Å²) in [7, 11) is -3.64. The highest BCUT2D eigenvalue weighted by Crippen LogP contribution is 2.38. The van der Waals surface area contributed by atoms with Gasteiger partial charge in [-0.15, -0.1) is 0 Å². The lowest BCUT2D eigenvalue weighted by Gasteiger charge is -2.18. The van der Waals surface area contributed by atoms with E-state index in [9.17, 15) is 13.5 Å². The van der Waals surface area contributed by atoms with Crippen LogP contribution in [0, 0.1) is 0 Å². The van der Waals surface area contributed by atoms with Crippen LogP contribution >= 0.6 is 23.2 Å². The molecular weight excluding hydrogens is 629 g/mol. The highest BCUT2D eigenvalue weighted by molar-refractivity contribution is 7.90. The van der Waals surface area contributed by atoms with Gasteiger partial charge in [0.25, 0.3) is 0 Å². The normalized spacial score (nSPS) is 12.4. The molecule has 0 saturated heterocycles. The standard InChI is InChI=1S/C31H29Cl2N3O7S/c1-44(39,40)30-10-8-23(20-5-3-2-4-6-20)31(33)24(30)18-42-29-13-28(21(12-25(29)32)14-34-15-22(38)16-37)41-17-19-7-9-26-27(11-19)36-43-35-26/h2-13,22,34,37-38H,14-18H2,1H3/t22-/m0/s1. The van der Waals surface area contributed by atoms with Crippen molar-refractivity contribution in [2.24, 2.45) is 0 Å². The van der Waals surface area contributed by atoms with E-state index in [4.69, 9.17) is 42.4 Å². The molecule has 0 radical (unpaired) electrons. The molecular formula is C31H29Cl2N3O7S. The molecule has 230 valence electrons. The van der Waals surface area contributed by atoms with Crippen LogP contribution in [0.4, 0.5) is 0 Å². The zero-order valence-electron chi connectivity index (χ0n) is 23.5. The monoisotopic (exact) mass is 657 g/mol. The largest absolute Gasteiger partial charge is 0.488 e. The number of ether oxygens (including phenoxy) is 2. The maximum Gasteiger partial charge on any atom is 0.175 e. The molecule has 0 aliphatic heterocycles. The first kappa shape index (κ1) is 31.7. The first-order chi connectivity index (χ1) is 21.1. The first-order valence-electron chi connectivity index (χ1n) is 13.5. The number of sulfone groups is 1. The molecule has 3 N–H and O–H groups in total. The van der Waals surface area contributed by atoms with E-state index in [1.807, 2.05) is 36.4 Å². The number of rotatable bonds is 13. The Bertz CT molecular complexity index is 1870. The Morgan fingerprint density at radius 1 is 0.932 bits per heavy atom. The maximum absolute atomic E-state index is 12.7. The van der Waals surface area contributed by atoms with E-state index in [1.165, 1.54) is 6.07 Å². The van der Waals surface area contributed by atoms with Crippen LogP contribution in [-0.2, 0) is 29.6 Å². The third-order valence-corrected chi connectivity index (χ3v) is 8.70.